The van der Waals surface area contributed by atoms with Gasteiger partial charge in [-0.2, -0.15) is 0 Å². The summed E-state index contributed by atoms with van der Waals surface area (Å²) in [5, 5.41) is 8.77. The topological polar surface area (TPSA) is 65.4 Å². The minimum atomic E-state index is 0.126. The molecule has 1 fully saturated rings. The summed E-state index contributed by atoms with van der Waals surface area (Å²) >= 11 is 1.34. The van der Waals surface area contributed by atoms with Crippen LogP contribution < -0.4 is 4.90 Å². The fraction of sp³-hybridized carbons (Fsp3) is 0.609. The lowest BCUT2D eigenvalue weighted by atomic mass is 9.97. The molecule has 2 aromatic heterocycles. The highest BCUT2D eigenvalue weighted by Crippen LogP contribution is 2.24. The third-order valence-electron chi connectivity index (χ3n) is 6.40. The molecule has 2 aromatic rings. The minimum Gasteiger partial charge on any atom is -0.410 e. The molecule has 0 radical (unpaired) electrons. The number of thioether (sulfide) groups is 1. The predicted molar refractivity (Wildman–Crippen MR) is 118 cm³/mol. The van der Waals surface area contributed by atoms with Gasteiger partial charge in [0.25, 0.3) is 11.1 Å². The molecule has 0 aromatic carbocycles. The van der Waals surface area contributed by atoms with Gasteiger partial charge in [0.2, 0.25) is 0 Å². The number of allylic oxidation sites excluding steroid dienone is 2. The van der Waals surface area contributed by atoms with Crippen molar-refractivity contribution in [3.8, 4) is 0 Å². The molecular formula is C23H33N4O2S+. The standard InChI is InChI=1S/C23H32N4O2S/c1-17-14-20(18(2)27(17)13-10-19-8-4-3-5-9-19)21(28)16-30-23-25-24-22(29-23)15-26-11-6-7-12-26/h8,14H,3-7,9-13,15-16H2,1-2H3/p+1. The van der Waals surface area contributed by atoms with Gasteiger partial charge < -0.3 is 13.9 Å². The van der Waals surface area contributed by atoms with Crippen LogP contribution in [-0.4, -0.2) is 39.4 Å². The van der Waals surface area contributed by atoms with Gasteiger partial charge in [-0.25, -0.2) is 0 Å². The Labute approximate surface area is 183 Å². The van der Waals surface area contributed by atoms with E-state index in [0.29, 0.717) is 16.9 Å². The summed E-state index contributed by atoms with van der Waals surface area (Å²) in [5.74, 6) is 1.13. The second-order valence-corrected chi connectivity index (χ2v) is 9.53. The van der Waals surface area contributed by atoms with Crippen molar-refractivity contribution in [2.24, 2.45) is 0 Å². The van der Waals surface area contributed by atoms with E-state index in [2.05, 4.69) is 34.7 Å². The first-order valence-corrected chi connectivity index (χ1v) is 12.3. The van der Waals surface area contributed by atoms with Gasteiger partial charge in [0.05, 0.1) is 18.8 Å². The van der Waals surface area contributed by atoms with E-state index in [1.165, 1.54) is 68.3 Å². The Kier molecular flexibility index (Phi) is 7.10. The summed E-state index contributed by atoms with van der Waals surface area (Å²) in [6.07, 6.45) is 11.1. The summed E-state index contributed by atoms with van der Waals surface area (Å²) in [4.78, 5) is 14.4. The first-order chi connectivity index (χ1) is 14.6. The number of hydrogen-bond donors (Lipinski definition) is 1. The number of ketones is 1. The van der Waals surface area contributed by atoms with Crippen molar-refractivity contribution >= 4 is 17.5 Å². The van der Waals surface area contributed by atoms with Gasteiger partial charge in [0.1, 0.15) is 0 Å². The SMILES string of the molecule is Cc1cc(C(=O)CSc2nnc(C[NH+]3CCCC3)o2)c(C)n1CCC1=CCCCC1. The average Bonchev–Trinajstić information content (AvgIpc) is 3.48. The van der Waals surface area contributed by atoms with Crippen LogP contribution in [0.25, 0.3) is 0 Å². The van der Waals surface area contributed by atoms with Crippen LogP contribution in [0.3, 0.4) is 0 Å². The van der Waals surface area contributed by atoms with Crippen LogP contribution in [0.4, 0.5) is 0 Å². The molecule has 1 N–H and O–H groups in total. The van der Waals surface area contributed by atoms with Crippen LogP contribution in [0.5, 0.6) is 0 Å². The number of nitrogens with zero attached hydrogens (tertiary/aromatic N) is 3. The van der Waals surface area contributed by atoms with Gasteiger partial charge in [0.15, 0.2) is 12.3 Å². The Morgan fingerprint density at radius 2 is 2.03 bits per heavy atom. The molecule has 1 aliphatic heterocycles. The Balaban J connectivity index is 1.32. The maximum absolute atomic E-state index is 12.9. The van der Waals surface area contributed by atoms with Crippen LogP contribution in [0, 0.1) is 13.8 Å². The number of nitrogens with one attached hydrogen (secondary N) is 1. The van der Waals surface area contributed by atoms with Crippen molar-refractivity contribution in [2.75, 3.05) is 18.8 Å². The van der Waals surface area contributed by atoms with Crippen LogP contribution in [0.2, 0.25) is 0 Å². The number of hydrogen-bond acceptors (Lipinski definition) is 5. The third kappa shape index (κ3) is 5.24. The Morgan fingerprint density at radius 3 is 2.80 bits per heavy atom. The summed E-state index contributed by atoms with van der Waals surface area (Å²) in [5.41, 5.74) is 4.61. The van der Waals surface area contributed by atoms with E-state index in [1.54, 1.807) is 5.57 Å². The number of aromatic nitrogens is 3. The number of carbonyl (C=O) groups excluding carboxylic acids is 1. The van der Waals surface area contributed by atoms with Crippen molar-refractivity contribution in [1.82, 2.24) is 14.8 Å². The van der Waals surface area contributed by atoms with Gasteiger partial charge in [-0.05, 0) is 52.0 Å². The van der Waals surface area contributed by atoms with E-state index in [4.69, 9.17) is 4.42 Å². The number of rotatable bonds is 9. The van der Waals surface area contributed by atoms with Crippen molar-refractivity contribution in [1.29, 1.82) is 0 Å². The van der Waals surface area contributed by atoms with Crippen molar-refractivity contribution in [3.05, 3.63) is 40.6 Å². The Hall–Kier alpha value is -1.86. The molecule has 3 heterocycles. The zero-order valence-corrected chi connectivity index (χ0v) is 19.0. The molecule has 0 unspecified atom stereocenters. The molecule has 0 amide bonds. The van der Waals surface area contributed by atoms with Crippen molar-refractivity contribution in [2.45, 2.75) is 77.1 Å². The van der Waals surface area contributed by atoms with Crippen LogP contribution >= 0.6 is 11.8 Å². The van der Waals surface area contributed by atoms with E-state index < -0.39 is 0 Å². The van der Waals surface area contributed by atoms with Gasteiger partial charge in [-0.3, -0.25) is 4.79 Å². The zero-order valence-electron chi connectivity index (χ0n) is 18.2. The molecule has 1 saturated heterocycles. The minimum absolute atomic E-state index is 0.126. The smallest absolute Gasteiger partial charge is 0.277 e. The van der Waals surface area contributed by atoms with Crippen LogP contribution in [0.15, 0.2) is 27.4 Å². The summed E-state index contributed by atoms with van der Waals surface area (Å²) in [6, 6.07) is 2.03. The Morgan fingerprint density at radius 1 is 1.20 bits per heavy atom. The van der Waals surface area contributed by atoms with E-state index in [9.17, 15) is 4.79 Å². The molecule has 6 nitrogen and oxygen atoms in total. The second-order valence-electron chi connectivity index (χ2n) is 8.60. The van der Waals surface area contributed by atoms with E-state index in [-0.39, 0.29) is 5.78 Å². The van der Waals surface area contributed by atoms with Gasteiger partial charge >= 0.3 is 0 Å². The summed E-state index contributed by atoms with van der Waals surface area (Å²) in [6.45, 7) is 8.25. The van der Waals surface area contributed by atoms with Gasteiger partial charge in [0, 0.05) is 36.3 Å². The van der Waals surface area contributed by atoms with Crippen LogP contribution in [-0.2, 0) is 13.1 Å². The molecule has 4 rings (SSSR count). The molecule has 0 atom stereocenters. The first-order valence-electron chi connectivity index (χ1n) is 11.3. The number of likely N-dealkylation sites (tertiary alicyclic amines) is 1. The van der Waals surface area contributed by atoms with E-state index in [1.807, 2.05) is 6.07 Å². The zero-order chi connectivity index (χ0) is 20.9. The molecule has 30 heavy (non-hydrogen) atoms. The molecule has 0 saturated carbocycles. The summed E-state index contributed by atoms with van der Waals surface area (Å²) < 4.78 is 8.04. The van der Waals surface area contributed by atoms with E-state index in [0.717, 1.165) is 36.5 Å². The third-order valence-corrected chi connectivity index (χ3v) is 7.22. The largest absolute Gasteiger partial charge is 0.410 e. The lowest BCUT2D eigenvalue weighted by Gasteiger charge is -2.15. The number of carbonyl (C=O) groups is 1. The second kappa shape index (κ2) is 9.96. The monoisotopic (exact) mass is 429 g/mol. The molecule has 0 bridgehead atoms. The quantitative estimate of drug-likeness (QED) is 0.375. The molecular weight excluding hydrogens is 396 g/mol. The number of quaternary nitrogens is 1. The lowest BCUT2D eigenvalue weighted by Crippen LogP contribution is -3.08. The summed E-state index contributed by atoms with van der Waals surface area (Å²) in [7, 11) is 0. The van der Waals surface area contributed by atoms with Gasteiger partial charge in [-0.15, -0.1) is 10.2 Å². The number of Topliss-reactive ketones (excluding diaryl/α,β-unsaturated/α-hetero) is 1. The molecule has 7 heteroatoms. The fourth-order valence-corrected chi connectivity index (χ4v) is 5.32. The average molecular weight is 430 g/mol. The highest BCUT2D eigenvalue weighted by Gasteiger charge is 2.21. The fourth-order valence-electron chi connectivity index (χ4n) is 4.65. The molecule has 0 spiro atoms. The maximum Gasteiger partial charge on any atom is 0.277 e. The maximum atomic E-state index is 12.9. The predicted octanol–water partition coefficient (Wildman–Crippen LogP) is 3.53. The van der Waals surface area contributed by atoms with E-state index >= 15 is 0 Å². The number of aryl methyl sites for hydroxylation is 1. The van der Waals surface area contributed by atoms with Crippen LogP contribution in [0.1, 0.15) is 72.6 Å². The molecule has 1 aliphatic carbocycles. The highest BCUT2D eigenvalue weighted by atomic mass is 32.2. The van der Waals surface area contributed by atoms with Crippen molar-refractivity contribution < 1.29 is 14.1 Å². The first kappa shape index (κ1) is 21.4. The Bertz CT molecular complexity index is 908. The van der Waals surface area contributed by atoms with Gasteiger partial charge in [-0.1, -0.05) is 23.4 Å². The molecule has 162 valence electrons. The lowest BCUT2D eigenvalue weighted by molar-refractivity contribution is -0.902. The highest BCUT2D eigenvalue weighted by molar-refractivity contribution is 7.99. The van der Waals surface area contributed by atoms with Crippen molar-refractivity contribution in [3.63, 3.8) is 0 Å². The normalized spacial score (nSPS) is 17.5. The molecule has 2 aliphatic rings.